The largest absolute Gasteiger partial charge is 0.563 e. The molecule has 26 heavy (non-hydrogen) atoms. The summed E-state index contributed by atoms with van der Waals surface area (Å²) >= 11 is 0. The van der Waals surface area contributed by atoms with E-state index >= 15 is 0 Å². The fraction of sp³-hybridized carbons (Fsp3) is 0.917. The third-order valence-electron chi connectivity index (χ3n) is 10.4. The van der Waals surface area contributed by atoms with Crippen molar-refractivity contribution in [2.24, 2.45) is 46.3 Å². The van der Waals surface area contributed by atoms with Crippen LogP contribution in [0, 0.1) is 46.3 Å². The van der Waals surface area contributed by atoms with Gasteiger partial charge in [0, 0.05) is 0 Å². The van der Waals surface area contributed by atoms with Crippen molar-refractivity contribution in [2.75, 3.05) is 0 Å². The lowest BCUT2D eigenvalue weighted by Crippen LogP contribution is -2.60. The summed E-state index contributed by atoms with van der Waals surface area (Å²) in [6.45, 7) is 19.9. The molecule has 6 aliphatic carbocycles. The highest BCUT2D eigenvalue weighted by atomic mass is 16.4. The van der Waals surface area contributed by atoms with E-state index in [1.54, 1.807) is 0 Å². The first-order chi connectivity index (χ1) is 12.1. The lowest BCUT2D eigenvalue weighted by molar-refractivity contribution is -0.110. The molecule has 6 aliphatic rings. The van der Waals surface area contributed by atoms with E-state index in [0.29, 0.717) is 17.7 Å². The van der Waals surface area contributed by atoms with Gasteiger partial charge in [-0.15, -0.1) is 0 Å². The van der Waals surface area contributed by atoms with E-state index in [4.69, 9.17) is 4.65 Å². The molecule has 0 radical (unpaired) electrons. The Morgan fingerprint density at radius 1 is 0.846 bits per heavy atom. The monoisotopic (exact) mass is 356 g/mol. The molecule has 0 amide bonds. The molecule has 0 aliphatic heterocycles. The molecule has 0 saturated heterocycles. The molecule has 0 heterocycles. The first-order valence-electron chi connectivity index (χ1n) is 11.4. The first-order valence-corrected chi connectivity index (χ1v) is 11.4. The summed E-state index contributed by atoms with van der Waals surface area (Å²) in [4.78, 5) is 0. The second-order valence-corrected chi connectivity index (χ2v) is 11.7. The van der Waals surface area contributed by atoms with Crippen molar-refractivity contribution in [3.8, 4) is 0 Å². The van der Waals surface area contributed by atoms with Gasteiger partial charge in [-0.2, -0.15) is 0 Å². The zero-order valence-corrected chi connectivity index (χ0v) is 18.5. The van der Waals surface area contributed by atoms with Crippen molar-refractivity contribution in [1.29, 1.82) is 0 Å². The molecule has 146 valence electrons. The second kappa shape index (κ2) is 6.05. The van der Waals surface area contributed by atoms with E-state index in [1.165, 1.54) is 25.7 Å². The van der Waals surface area contributed by atoms with Crippen LogP contribution in [0.1, 0.15) is 81.1 Å². The van der Waals surface area contributed by atoms with Gasteiger partial charge in [-0.05, 0) is 97.5 Å². The first kappa shape index (κ1) is 18.9. The fourth-order valence-corrected chi connectivity index (χ4v) is 8.02. The molecule has 6 fully saturated rings. The number of hydrogen-bond donors (Lipinski definition) is 0. The van der Waals surface area contributed by atoms with Crippen LogP contribution < -0.4 is 0 Å². The maximum Gasteiger partial charge on any atom is 0.364 e. The second-order valence-electron chi connectivity index (χ2n) is 11.7. The smallest absolute Gasteiger partial charge is 0.364 e. The zero-order chi connectivity index (χ0) is 19.0. The molecule has 8 unspecified atom stereocenters. The molecule has 1 nitrogen and oxygen atoms in total. The van der Waals surface area contributed by atoms with Crippen molar-refractivity contribution in [2.45, 2.75) is 92.7 Å². The Hall–Kier alpha value is -0.395. The van der Waals surface area contributed by atoms with Gasteiger partial charge in [-0.25, -0.2) is 0 Å². The number of rotatable bonds is 4. The number of allylic oxidation sites excluding steroid dienone is 2. The number of hydrogen-bond acceptors (Lipinski definition) is 1. The Morgan fingerprint density at radius 2 is 1.27 bits per heavy atom. The molecule has 0 N–H and O–H groups in total. The predicted octanol–water partition coefficient (Wildman–Crippen LogP) is 7.06. The molecule has 6 saturated carbocycles. The molecule has 0 aromatic heterocycles. The van der Waals surface area contributed by atoms with Crippen molar-refractivity contribution < 1.29 is 4.65 Å². The van der Waals surface area contributed by atoms with Crippen LogP contribution in [0.25, 0.3) is 0 Å². The van der Waals surface area contributed by atoms with E-state index in [9.17, 15) is 0 Å². The van der Waals surface area contributed by atoms with Gasteiger partial charge < -0.3 is 4.65 Å². The zero-order valence-electron chi connectivity index (χ0n) is 18.5. The van der Waals surface area contributed by atoms with Crippen LogP contribution >= 0.6 is 0 Å². The summed E-state index contributed by atoms with van der Waals surface area (Å²) in [7, 11) is 0. The Labute approximate surface area is 162 Å². The van der Waals surface area contributed by atoms with Gasteiger partial charge in [0.05, 0.1) is 5.76 Å². The summed E-state index contributed by atoms with van der Waals surface area (Å²) in [5.41, 5.74) is 1.14. The Bertz CT molecular complexity index is 549. The van der Waals surface area contributed by atoms with Gasteiger partial charge in [0.25, 0.3) is 0 Å². The molecule has 0 spiro atoms. The van der Waals surface area contributed by atoms with Gasteiger partial charge in [0.15, 0.2) is 0 Å². The molecular formula is C24H41BO. The highest BCUT2D eigenvalue weighted by Crippen LogP contribution is 2.69. The normalized spacial score (nSPS) is 48.2. The maximum absolute atomic E-state index is 6.75. The Kier molecular flexibility index (Phi) is 4.41. The van der Waals surface area contributed by atoms with E-state index in [1.807, 2.05) is 0 Å². The third kappa shape index (κ3) is 2.49. The molecule has 6 rings (SSSR count). The van der Waals surface area contributed by atoms with Crippen molar-refractivity contribution in [3.63, 3.8) is 0 Å². The lowest BCUT2D eigenvalue weighted by Gasteiger charge is -2.65. The van der Waals surface area contributed by atoms with Gasteiger partial charge in [0.1, 0.15) is 0 Å². The van der Waals surface area contributed by atoms with Crippen molar-refractivity contribution in [1.82, 2.24) is 0 Å². The molecule has 2 heteroatoms. The van der Waals surface area contributed by atoms with Gasteiger partial charge in [-0.3, -0.25) is 0 Å². The SMILES string of the molecule is C/C=C(/C)OB(C1CC2CC(C1C)C2(C)C)C1CC2CC(C1C)C2(C)C. The van der Waals surface area contributed by atoms with E-state index in [-0.39, 0.29) is 0 Å². The standard InChI is InChI=1S/C24H41BO/c1-9-14(2)26-25(21-12-17-10-19(15(21)3)23(17,5)6)22-13-18-11-20(16(22)4)24(18,7)8/h9,15-22H,10-13H2,1-8H3/b14-9-. The predicted molar refractivity (Wildman–Crippen MR) is 112 cm³/mol. The maximum atomic E-state index is 6.75. The van der Waals surface area contributed by atoms with Crippen LogP contribution in [0.5, 0.6) is 0 Å². The van der Waals surface area contributed by atoms with Crippen LogP contribution in [0.3, 0.4) is 0 Å². The third-order valence-corrected chi connectivity index (χ3v) is 10.4. The Morgan fingerprint density at radius 3 is 1.58 bits per heavy atom. The molecule has 0 aromatic rings. The number of fused-ring (bicyclic) bond motifs is 4. The minimum Gasteiger partial charge on any atom is -0.563 e. The van der Waals surface area contributed by atoms with Crippen LogP contribution in [-0.4, -0.2) is 6.92 Å². The van der Waals surface area contributed by atoms with Crippen LogP contribution in [0.4, 0.5) is 0 Å². The van der Waals surface area contributed by atoms with E-state index < -0.39 is 0 Å². The highest BCUT2D eigenvalue weighted by Gasteiger charge is 2.63. The van der Waals surface area contributed by atoms with Crippen LogP contribution in [0.2, 0.25) is 11.6 Å². The quantitative estimate of drug-likeness (QED) is 0.387. The minimum atomic E-state index is 0.444. The summed E-state index contributed by atoms with van der Waals surface area (Å²) in [6.07, 6.45) is 7.91. The lowest BCUT2D eigenvalue weighted by atomic mass is 9.27. The summed E-state index contributed by atoms with van der Waals surface area (Å²) < 4.78 is 6.75. The molecular weight excluding hydrogens is 315 g/mol. The Balaban J connectivity index is 1.58. The average molecular weight is 356 g/mol. The van der Waals surface area contributed by atoms with Crippen LogP contribution in [0.15, 0.2) is 11.8 Å². The summed E-state index contributed by atoms with van der Waals surface area (Å²) in [5.74, 6) is 7.95. The topological polar surface area (TPSA) is 9.23 Å². The van der Waals surface area contributed by atoms with Gasteiger partial charge in [0.2, 0.25) is 0 Å². The van der Waals surface area contributed by atoms with Crippen molar-refractivity contribution in [3.05, 3.63) is 11.8 Å². The summed E-state index contributed by atoms with van der Waals surface area (Å²) in [6, 6.07) is 0. The minimum absolute atomic E-state index is 0.444. The van der Waals surface area contributed by atoms with Crippen molar-refractivity contribution >= 4 is 6.92 Å². The molecule has 8 atom stereocenters. The van der Waals surface area contributed by atoms with Gasteiger partial charge >= 0.3 is 6.92 Å². The fourth-order valence-electron chi connectivity index (χ4n) is 8.02. The van der Waals surface area contributed by atoms with Gasteiger partial charge in [-0.1, -0.05) is 47.6 Å². The van der Waals surface area contributed by atoms with Crippen LogP contribution in [-0.2, 0) is 4.65 Å². The average Bonchev–Trinajstić information content (AvgIpc) is 2.59. The van der Waals surface area contributed by atoms with E-state index in [2.05, 4.69) is 61.5 Å². The molecule has 0 aromatic carbocycles. The summed E-state index contributed by atoms with van der Waals surface area (Å²) in [5, 5.41) is 0. The van der Waals surface area contributed by atoms with E-state index in [0.717, 1.165) is 52.9 Å². The molecule has 4 bridgehead atoms. The highest BCUT2D eigenvalue weighted by molar-refractivity contribution is 6.56.